The van der Waals surface area contributed by atoms with Gasteiger partial charge in [0.15, 0.2) is 17.7 Å². The summed E-state index contributed by atoms with van der Waals surface area (Å²) in [4.78, 5) is 55.9. The molecule has 1 aromatic rings. The van der Waals surface area contributed by atoms with Gasteiger partial charge in [0, 0.05) is 46.3 Å². The maximum absolute atomic E-state index is 14.1. The average Bonchev–Trinajstić information content (AvgIpc) is 3.64. The molecule has 4 aliphatic carbocycles. The van der Waals surface area contributed by atoms with E-state index in [-0.39, 0.29) is 36.6 Å². The molecule has 4 fully saturated rings. The van der Waals surface area contributed by atoms with E-state index in [4.69, 9.17) is 18.9 Å². The van der Waals surface area contributed by atoms with Crippen LogP contribution in [0.2, 0.25) is 0 Å². The van der Waals surface area contributed by atoms with Crippen LogP contribution >= 0.6 is 0 Å². The highest BCUT2D eigenvalue weighted by atomic mass is 16.8. The molecule has 0 radical (unpaired) electrons. The summed E-state index contributed by atoms with van der Waals surface area (Å²) in [5.74, 6) is -1.51. The van der Waals surface area contributed by atoms with Crippen LogP contribution in [-0.4, -0.2) is 68.8 Å². The number of esters is 1. The Kier molecular flexibility index (Phi) is 7.72. The van der Waals surface area contributed by atoms with Crippen molar-refractivity contribution in [2.75, 3.05) is 6.61 Å². The predicted molar refractivity (Wildman–Crippen MR) is 169 cm³/mol. The Labute approximate surface area is 277 Å². The first-order chi connectivity index (χ1) is 22.6. The second-order valence-electron chi connectivity index (χ2n) is 15.4. The predicted octanol–water partition coefficient (Wildman–Crippen LogP) is 3.52. The normalized spacial score (nSPS) is 42.5. The third-order valence-corrected chi connectivity index (χ3v) is 12.4. The van der Waals surface area contributed by atoms with Gasteiger partial charge in [0.1, 0.15) is 24.5 Å². The summed E-state index contributed by atoms with van der Waals surface area (Å²) in [7, 11) is 0. The molecule has 3 heterocycles. The van der Waals surface area contributed by atoms with Crippen LogP contribution in [0.4, 0.5) is 0 Å². The zero-order valence-corrected chi connectivity index (χ0v) is 27.9. The monoisotopic (exact) mass is 665 g/mol. The van der Waals surface area contributed by atoms with Gasteiger partial charge in [-0.15, -0.1) is 0 Å². The van der Waals surface area contributed by atoms with Gasteiger partial charge in [0.05, 0.1) is 12.1 Å². The van der Waals surface area contributed by atoms with Crippen LogP contribution in [0, 0.1) is 35.5 Å². The number of nitrogens with one attached hydrogen (secondary N) is 1. The fourth-order valence-electron chi connectivity index (χ4n) is 10.3. The molecule has 48 heavy (non-hydrogen) atoms. The maximum Gasteiger partial charge on any atom is 0.338 e. The van der Waals surface area contributed by atoms with Gasteiger partial charge in [0.25, 0.3) is 5.56 Å². The molecule has 0 bridgehead atoms. The second-order valence-corrected chi connectivity index (χ2v) is 15.4. The van der Waals surface area contributed by atoms with Crippen molar-refractivity contribution in [2.24, 2.45) is 33.7 Å². The average molecular weight is 666 g/mol. The fourth-order valence-corrected chi connectivity index (χ4v) is 10.3. The Balaban J connectivity index is 1.13. The van der Waals surface area contributed by atoms with E-state index in [0.29, 0.717) is 24.8 Å². The van der Waals surface area contributed by atoms with E-state index in [1.54, 1.807) is 26.8 Å². The van der Waals surface area contributed by atoms with Gasteiger partial charge in [-0.1, -0.05) is 36.7 Å². The number of allylic oxidation sites excluding steroid dienone is 4. The molecule has 8 unspecified atom stereocenters. The number of aliphatic hydroxyl groups excluding tert-OH is 1. The van der Waals surface area contributed by atoms with Gasteiger partial charge in [-0.25, -0.2) is 9.59 Å². The number of fused-ring (bicyclic) bond motifs is 6. The van der Waals surface area contributed by atoms with Crippen LogP contribution in [-0.2, 0) is 28.5 Å². The Bertz CT molecular complexity index is 1780. The van der Waals surface area contributed by atoms with Crippen molar-refractivity contribution >= 4 is 11.8 Å². The first-order valence-electron chi connectivity index (χ1n) is 16.8. The summed E-state index contributed by atoms with van der Waals surface area (Å²) < 4.78 is 26.2. The van der Waals surface area contributed by atoms with E-state index in [1.165, 1.54) is 10.8 Å². The number of hydrogen-bond acceptors (Lipinski definition) is 10. The molecule has 6 aliphatic rings. The van der Waals surface area contributed by atoms with E-state index in [9.17, 15) is 29.8 Å². The molecule has 258 valence electrons. The Morgan fingerprint density at radius 2 is 2.02 bits per heavy atom. The second kappa shape index (κ2) is 11.2. The molecule has 0 aromatic carbocycles. The highest BCUT2D eigenvalue weighted by Crippen LogP contribution is 2.69. The lowest BCUT2D eigenvalue weighted by Crippen LogP contribution is -2.62. The number of rotatable bonds is 5. The number of carbonyl (C=O) groups excluding carboxylic acids is 2. The lowest BCUT2D eigenvalue weighted by molar-refractivity contribution is -0.209. The van der Waals surface area contributed by atoms with E-state index >= 15 is 0 Å². The minimum atomic E-state index is -1.10. The van der Waals surface area contributed by atoms with Gasteiger partial charge >= 0.3 is 11.7 Å². The molecule has 14 nitrogen and oxygen atoms in total. The van der Waals surface area contributed by atoms with E-state index in [1.807, 2.05) is 6.08 Å². The first kappa shape index (κ1) is 33.0. The van der Waals surface area contributed by atoms with Gasteiger partial charge in [-0.05, 0) is 69.9 Å². The lowest BCUT2D eigenvalue weighted by atomic mass is 9.46. The number of ketones is 1. The number of nitrogens with zero attached hydrogens (tertiary/aromatic N) is 4. The van der Waals surface area contributed by atoms with Crippen LogP contribution < -0.4 is 11.2 Å². The Hall–Kier alpha value is -3.55. The SMILES string of the molecule is Cc1cn(C2C[C@H](N=[N+]=[N-])C(COC(=O)[C@@H]3OC(C)(C)O[C@@]34CCC3C5CC=C6CC(=O)C=CC6(C)C5C(O)CC34C)O2)c(=O)[nH]c1=O. The van der Waals surface area contributed by atoms with Crippen molar-refractivity contribution in [1.29, 1.82) is 0 Å². The van der Waals surface area contributed by atoms with Crippen molar-refractivity contribution in [2.45, 2.75) is 115 Å². The number of aromatic amines is 1. The smallest absolute Gasteiger partial charge is 0.338 e. The molecule has 2 aliphatic heterocycles. The number of aryl methyl sites for hydroxylation is 1. The summed E-state index contributed by atoms with van der Waals surface area (Å²) in [6.07, 6.45) is 6.66. The van der Waals surface area contributed by atoms with Gasteiger partial charge < -0.3 is 24.1 Å². The van der Waals surface area contributed by atoms with Crippen LogP contribution in [0.15, 0.2) is 44.7 Å². The third-order valence-electron chi connectivity index (χ3n) is 12.4. The number of hydrogen-bond donors (Lipinski definition) is 2. The van der Waals surface area contributed by atoms with Crippen molar-refractivity contribution in [3.8, 4) is 0 Å². The van der Waals surface area contributed by atoms with Crippen LogP contribution in [0.3, 0.4) is 0 Å². The summed E-state index contributed by atoms with van der Waals surface area (Å²) in [6, 6.07) is -0.744. The number of azide groups is 1. The number of aliphatic hydroxyl groups is 1. The first-order valence-corrected chi connectivity index (χ1v) is 16.8. The number of H-pyrrole nitrogens is 1. The quantitative estimate of drug-likeness (QED) is 0.156. The largest absolute Gasteiger partial charge is 0.461 e. The molecule has 11 atom stereocenters. The van der Waals surface area contributed by atoms with Crippen LogP contribution in [0.1, 0.15) is 78.0 Å². The summed E-state index contributed by atoms with van der Waals surface area (Å²) in [5.41, 5.74) is 7.31. The lowest BCUT2D eigenvalue weighted by Gasteiger charge is -2.59. The molecule has 2 saturated carbocycles. The van der Waals surface area contributed by atoms with Crippen LogP contribution in [0.5, 0.6) is 0 Å². The van der Waals surface area contributed by atoms with Gasteiger partial charge in [-0.3, -0.25) is 19.1 Å². The van der Waals surface area contributed by atoms with E-state index in [0.717, 1.165) is 18.4 Å². The fraction of sp³-hybridized carbons (Fsp3) is 0.706. The van der Waals surface area contributed by atoms with Gasteiger partial charge in [-0.2, -0.15) is 0 Å². The van der Waals surface area contributed by atoms with Crippen molar-refractivity contribution < 1.29 is 33.6 Å². The number of carbonyl (C=O) groups is 2. The number of aromatic nitrogens is 2. The van der Waals surface area contributed by atoms with E-state index < -0.39 is 70.0 Å². The van der Waals surface area contributed by atoms with E-state index in [2.05, 4.69) is 34.9 Å². The van der Waals surface area contributed by atoms with Crippen molar-refractivity contribution in [1.82, 2.24) is 9.55 Å². The molecule has 1 spiro atoms. The highest BCUT2D eigenvalue weighted by Gasteiger charge is 2.74. The maximum atomic E-state index is 14.1. The molecule has 7 rings (SSSR count). The molecular formula is C34H43N5O9. The molecule has 0 amide bonds. The summed E-state index contributed by atoms with van der Waals surface area (Å²) in [5, 5.41) is 15.8. The highest BCUT2D eigenvalue weighted by molar-refractivity contribution is 5.93. The zero-order chi connectivity index (χ0) is 34.4. The molecule has 14 heteroatoms. The molecule has 2 N–H and O–H groups in total. The van der Waals surface area contributed by atoms with Gasteiger partial charge in [0.2, 0.25) is 0 Å². The third kappa shape index (κ3) is 4.86. The Morgan fingerprint density at radius 3 is 2.77 bits per heavy atom. The molecule has 2 saturated heterocycles. The Morgan fingerprint density at radius 1 is 1.25 bits per heavy atom. The van der Waals surface area contributed by atoms with Crippen LogP contribution in [0.25, 0.3) is 10.4 Å². The van der Waals surface area contributed by atoms with Crippen molar-refractivity contribution in [3.63, 3.8) is 0 Å². The standard InChI is InChI=1S/C34H43N5O9/c1-17-15-39(30(44)36-28(17)42)25-13-22(37-38-35)24(46-25)16-45-29(43)27-34(48-31(2,3)47-27)11-9-21-20-7-6-18-12-19(40)8-10-32(18,4)26(20)23(41)14-33(21,34)5/h6,8,10,15,20-27,41H,7,9,11-14,16H2,1-5H3,(H,36,42,44)/t20?,21?,22-,23?,24?,25?,26?,27-,32?,33?,34-/m0/s1. The molecule has 1 aromatic heterocycles. The van der Waals surface area contributed by atoms with Crippen molar-refractivity contribution in [3.05, 3.63) is 66.8 Å². The minimum absolute atomic E-state index is 0.0698. The molecular weight excluding hydrogens is 622 g/mol. The minimum Gasteiger partial charge on any atom is -0.461 e. The topological polar surface area (TPSA) is 195 Å². The summed E-state index contributed by atoms with van der Waals surface area (Å²) in [6.45, 7) is 9.06. The number of ether oxygens (including phenoxy) is 4. The summed E-state index contributed by atoms with van der Waals surface area (Å²) >= 11 is 0. The zero-order valence-electron chi connectivity index (χ0n) is 27.9.